The molecule has 18 heavy (non-hydrogen) atoms. The molecule has 0 aliphatic carbocycles. The number of rotatable bonds is 3. The summed E-state index contributed by atoms with van der Waals surface area (Å²) in [6.07, 6.45) is 1.41. The number of hydrogen-bond acceptors (Lipinski definition) is 4. The van der Waals surface area contributed by atoms with Gasteiger partial charge in [0.15, 0.2) is 5.82 Å². The number of nitrogens with one attached hydrogen (secondary N) is 1. The quantitative estimate of drug-likeness (QED) is 0.820. The van der Waals surface area contributed by atoms with E-state index in [1.807, 2.05) is 58.8 Å². The molecular formula is C12H13IN4O. The molecule has 0 saturated carbocycles. The fraction of sp³-hybridized carbons (Fsp3) is 0.167. The molecule has 5 nitrogen and oxygen atoms in total. The Hall–Kier alpha value is -1.41. The lowest BCUT2D eigenvalue weighted by Gasteiger charge is -2.19. The van der Waals surface area contributed by atoms with Gasteiger partial charge in [-0.05, 0) is 40.3 Å². The molecule has 0 aliphatic rings. The van der Waals surface area contributed by atoms with Gasteiger partial charge in [0, 0.05) is 19.3 Å². The highest BCUT2D eigenvalue weighted by Gasteiger charge is 2.11. The summed E-state index contributed by atoms with van der Waals surface area (Å²) in [6.45, 7) is 0.519. The average Bonchev–Trinajstić information content (AvgIpc) is 2.41. The number of H-pyrrole nitrogens is 1. The fourth-order valence-electron chi connectivity index (χ4n) is 1.59. The highest BCUT2D eigenvalue weighted by atomic mass is 127. The minimum absolute atomic E-state index is 0.133. The maximum Gasteiger partial charge on any atom is 0.266 e. The Balaban J connectivity index is 2.38. The van der Waals surface area contributed by atoms with Crippen LogP contribution < -0.4 is 16.2 Å². The van der Waals surface area contributed by atoms with E-state index < -0.39 is 0 Å². The van der Waals surface area contributed by atoms with E-state index in [9.17, 15) is 4.79 Å². The van der Waals surface area contributed by atoms with Crippen molar-refractivity contribution in [2.24, 2.45) is 5.73 Å². The second kappa shape index (κ2) is 5.49. The van der Waals surface area contributed by atoms with Crippen molar-refractivity contribution in [1.29, 1.82) is 0 Å². The van der Waals surface area contributed by atoms with Crippen molar-refractivity contribution < 1.29 is 0 Å². The molecule has 0 fully saturated rings. The zero-order valence-corrected chi connectivity index (χ0v) is 12.0. The van der Waals surface area contributed by atoms with Crippen LogP contribution in [0.15, 0.2) is 35.4 Å². The molecule has 94 valence electrons. The van der Waals surface area contributed by atoms with Crippen LogP contribution in [0.25, 0.3) is 0 Å². The van der Waals surface area contributed by atoms with E-state index in [2.05, 4.69) is 9.97 Å². The Morgan fingerprint density at radius 2 is 2.06 bits per heavy atom. The van der Waals surface area contributed by atoms with Crippen LogP contribution in [-0.4, -0.2) is 17.0 Å². The lowest BCUT2D eigenvalue weighted by molar-refractivity contribution is 1.03. The summed E-state index contributed by atoms with van der Waals surface area (Å²) in [6, 6.07) is 7.85. The molecule has 0 saturated heterocycles. The summed E-state index contributed by atoms with van der Waals surface area (Å²) < 4.78 is 0.570. The maximum atomic E-state index is 11.5. The van der Waals surface area contributed by atoms with Crippen molar-refractivity contribution in [3.05, 3.63) is 50.1 Å². The van der Waals surface area contributed by atoms with Crippen molar-refractivity contribution in [2.45, 2.75) is 6.54 Å². The smallest absolute Gasteiger partial charge is 0.266 e. The minimum Gasteiger partial charge on any atom is -0.328 e. The van der Waals surface area contributed by atoms with Crippen molar-refractivity contribution in [3.8, 4) is 0 Å². The maximum absolute atomic E-state index is 11.5. The van der Waals surface area contributed by atoms with Crippen LogP contribution in [0.3, 0.4) is 0 Å². The van der Waals surface area contributed by atoms with E-state index in [1.54, 1.807) is 0 Å². The molecule has 1 aromatic heterocycles. The second-order valence-corrected chi connectivity index (χ2v) is 4.88. The van der Waals surface area contributed by atoms with Crippen molar-refractivity contribution in [3.63, 3.8) is 0 Å². The van der Waals surface area contributed by atoms with E-state index in [-0.39, 0.29) is 5.56 Å². The number of aromatic nitrogens is 2. The number of benzene rings is 1. The monoisotopic (exact) mass is 356 g/mol. The van der Waals surface area contributed by atoms with Gasteiger partial charge in [-0.3, -0.25) is 4.79 Å². The van der Waals surface area contributed by atoms with Crippen LogP contribution in [-0.2, 0) is 6.54 Å². The molecule has 0 aliphatic heterocycles. The molecule has 0 radical (unpaired) electrons. The minimum atomic E-state index is -0.133. The third kappa shape index (κ3) is 2.54. The Bertz CT molecular complexity index is 594. The van der Waals surface area contributed by atoms with Gasteiger partial charge < -0.3 is 15.6 Å². The first-order chi connectivity index (χ1) is 8.63. The lowest BCUT2D eigenvalue weighted by Crippen LogP contribution is -2.19. The van der Waals surface area contributed by atoms with Gasteiger partial charge in [-0.15, -0.1) is 0 Å². The van der Waals surface area contributed by atoms with E-state index in [0.29, 0.717) is 15.9 Å². The van der Waals surface area contributed by atoms with E-state index in [1.165, 1.54) is 6.33 Å². The average molecular weight is 356 g/mol. The van der Waals surface area contributed by atoms with Crippen LogP contribution >= 0.6 is 22.6 Å². The summed E-state index contributed by atoms with van der Waals surface area (Å²) in [4.78, 5) is 20.1. The van der Waals surface area contributed by atoms with Crippen molar-refractivity contribution >= 4 is 34.1 Å². The van der Waals surface area contributed by atoms with Gasteiger partial charge in [0.2, 0.25) is 0 Å². The predicted octanol–water partition coefficient (Wildman–Crippen LogP) is 1.60. The first kappa shape index (κ1) is 13.0. The summed E-state index contributed by atoms with van der Waals surface area (Å²) in [5.74, 6) is 0.639. The third-order valence-electron chi connectivity index (χ3n) is 2.66. The van der Waals surface area contributed by atoms with Crippen LogP contribution in [0, 0.1) is 3.57 Å². The van der Waals surface area contributed by atoms with Gasteiger partial charge in [0.05, 0.1) is 6.33 Å². The fourth-order valence-corrected chi connectivity index (χ4v) is 2.24. The number of nitrogens with two attached hydrogens (primary N) is 1. The molecule has 0 bridgehead atoms. The second-order valence-electron chi connectivity index (χ2n) is 3.80. The van der Waals surface area contributed by atoms with Crippen molar-refractivity contribution in [1.82, 2.24) is 9.97 Å². The zero-order valence-electron chi connectivity index (χ0n) is 9.85. The van der Waals surface area contributed by atoms with Crippen molar-refractivity contribution in [2.75, 3.05) is 11.9 Å². The number of aromatic amines is 1. The van der Waals surface area contributed by atoms with Gasteiger partial charge in [-0.25, -0.2) is 4.98 Å². The standard InChI is InChI=1S/C12H13IN4O/c1-17(9-4-2-8(6-14)3-5-9)11-10(13)12(18)16-7-15-11/h2-5,7H,6,14H2,1H3,(H,15,16,18). The molecule has 0 unspecified atom stereocenters. The molecule has 2 aromatic rings. The molecule has 0 atom stereocenters. The van der Waals surface area contributed by atoms with Crippen LogP contribution in [0.1, 0.15) is 5.56 Å². The Labute approximate surface area is 118 Å². The SMILES string of the molecule is CN(c1ccc(CN)cc1)c1nc[nH]c(=O)c1I. The number of hydrogen-bond donors (Lipinski definition) is 2. The topological polar surface area (TPSA) is 75.0 Å². The van der Waals surface area contributed by atoms with E-state index >= 15 is 0 Å². The van der Waals surface area contributed by atoms with Gasteiger partial charge in [0.1, 0.15) is 3.57 Å². The molecule has 2 rings (SSSR count). The van der Waals surface area contributed by atoms with Crippen LogP contribution in [0.5, 0.6) is 0 Å². The lowest BCUT2D eigenvalue weighted by atomic mass is 10.2. The number of nitrogens with zero attached hydrogens (tertiary/aromatic N) is 2. The van der Waals surface area contributed by atoms with Gasteiger partial charge in [-0.2, -0.15) is 0 Å². The summed E-state index contributed by atoms with van der Waals surface area (Å²) >= 11 is 1.99. The van der Waals surface area contributed by atoms with E-state index in [0.717, 1.165) is 11.3 Å². The van der Waals surface area contributed by atoms with Crippen LogP contribution in [0.4, 0.5) is 11.5 Å². The highest BCUT2D eigenvalue weighted by Crippen LogP contribution is 2.23. The largest absolute Gasteiger partial charge is 0.328 e. The number of halogens is 1. The van der Waals surface area contributed by atoms with Gasteiger partial charge >= 0.3 is 0 Å². The zero-order chi connectivity index (χ0) is 13.1. The molecule has 0 spiro atoms. The van der Waals surface area contributed by atoms with E-state index in [4.69, 9.17) is 5.73 Å². The van der Waals surface area contributed by atoms with Crippen LogP contribution in [0.2, 0.25) is 0 Å². The molecule has 6 heteroatoms. The van der Waals surface area contributed by atoms with Gasteiger partial charge in [-0.1, -0.05) is 12.1 Å². The molecular weight excluding hydrogens is 343 g/mol. The Kier molecular flexibility index (Phi) is 3.97. The molecule has 1 heterocycles. The third-order valence-corrected chi connectivity index (χ3v) is 3.63. The first-order valence-electron chi connectivity index (χ1n) is 5.39. The summed E-state index contributed by atoms with van der Waals surface area (Å²) in [7, 11) is 1.88. The normalized spacial score (nSPS) is 10.4. The Morgan fingerprint density at radius 3 is 2.67 bits per heavy atom. The first-order valence-corrected chi connectivity index (χ1v) is 6.47. The molecule has 3 N–H and O–H groups in total. The molecule has 1 aromatic carbocycles. The predicted molar refractivity (Wildman–Crippen MR) is 80.0 cm³/mol. The summed E-state index contributed by atoms with van der Waals surface area (Å²) in [5.41, 5.74) is 7.46. The summed E-state index contributed by atoms with van der Waals surface area (Å²) in [5, 5.41) is 0. The number of anilines is 2. The molecule has 0 amide bonds. The Morgan fingerprint density at radius 1 is 1.39 bits per heavy atom. The highest BCUT2D eigenvalue weighted by molar-refractivity contribution is 14.1. The van der Waals surface area contributed by atoms with Gasteiger partial charge in [0.25, 0.3) is 5.56 Å².